The SMILES string of the molecule is CC(C)(C)OC(=O)N1Cc2ccccc2C1c1ccccc1. The molecule has 1 heterocycles. The highest BCUT2D eigenvalue weighted by Gasteiger charge is 2.36. The molecule has 1 aliphatic heterocycles. The fraction of sp³-hybridized carbons (Fsp3) is 0.316. The second kappa shape index (κ2) is 5.48. The Kier molecular flexibility index (Phi) is 3.65. The van der Waals surface area contributed by atoms with Crippen molar-refractivity contribution in [3.05, 3.63) is 71.3 Å². The smallest absolute Gasteiger partial charge is 0.411 e. The van der Waals surface area contributed by atoms with E-state index in [4.69, 9.17) is 4.74 Å². The summed E-state index contributed by atoms with van der Waals surface area (Å²) in [7, 11) is 0. The lowest BCUT2D eigenvalue weighted by atomic mass is 9.98. The maximum absolute atomic E-state index is 12.6. The van der Waals surface area contributed by atoms with Gasteiger partial charge in [-0.3, -0.25) is 4.90 Å². The quantitative estimate of drug-likeness (QED) is 0.773. The number of carbonyl (C=O) groups excluding carboxylic acids is 1. The Morgan fingerprint density at radius 2 is 1.68 bits per heavy atom. The van der Waals surface area contributed by atoms with Crippen LogP contribution in [0.1, 0.15) is 43.5 Å². The van der Waals surface area contributed by atoms with Gasteiger partial charge in [0.2, 0.25) is 0 Å². The van der Waals surface area contributed by atoms with Gasteiger partial charge in [-0.25, -0.2) is 4.79 Å². The molecule has 1 atom stereocenters. The summed E-state index contributed by atoms with van der Waals surface area (Å²) in [5.74, 6) is 0. The normalized spacial score (nSPS) is 17.2. The second-order valence-corrected chi connectivity index (χ2v) is 6.62. The summed E-state index contributed by atoms with van der Waals surface area (Å²) in [6, 6.07) is 18.2. The molecule has 2 aromatic carbocycles. The Morgan fingerprint density at radius 3 is 2.36 bits per heavy atom. The molecule has 114 valence electrons. The number of hydrogen-bond donors (Lipinski definition) is 0. The predicted octanol–water partition coefficient (Wildman–Crippen LogP) is 4.53. The van der Waals surface area contributed by atoms with Gasteiger partial charge in [0.05, 0.1) is 12.6 Å². The predicted molar refractivity (Wildman–Crippen MR) is 86.5 cm³/mol. The molecule has 0 saturated carbocycles. The monoisotopic (exact) mass is 295 g/mol. The van der Waals surface area contributed by atoms with Gasteiger partial charge in [-0.2, -0.15) is 0 Å². The fourth-order valence-corrected chi connectivity index (χ4v) is 2.87. The Morgan fingerprint density at radius 1 is 1.05 bits per heavy atom. The fourth-order valence-electron chi connectivity index (χ4n) is 2.87. The van der Waals surface area contributed by atoms with Gasteiger partial charge in [-0.05, 0) is 37.5 Å². The first kappa shape index (κ1) is 14.6. The zero-order valence-corrected chi connectivity index (χ0v) is 13.2. The maximum Gasteiger partial charge on any atom is 0.411 e. The largest absolute Gasteiger partial charge is 0.444 e. The van der Waals surface area contributed by atoms with Gasteiger partial charge in [-0.1, -0.05) is 54.6 Å². The number of hydrogen-bond acceptors (Lipinski definition) is 2. The average molecular weight is 295 g/mol. The number of rotatable bonds is 1. The molecule has 0 aliphatic carbocycles. The number of amides is 1. The molecule has 0 saturated heterocycles. The minimum Gasteiger partial charge on any atom is -0.444 e. The molecule has 1 unspecified atom stereocenters. The molecule has 3 heteroatoms. The number of ether oxygens (including phenoxy) is 1. The van der Waals surface area contributed by atoms with Gasteiger partial charge in [0.25, 0.3) is 0 Å². The van der Waals surface area contributed by atoms with E-state index in [9.17, 15) is 4.79 Å². The van der Waals surface area contributed by atoms with Crippen molar-refractivity contribution in [1.29, 1.82) is 0 Å². The zero-order chi connectivity index (χ0) is 15.7. The van der Waals surface area contributed by atoms with E-state index in [2.05, 4.69) is 24.3 Å². The van der Waals surface area contributed by atoms with E-state index in [1.165, 1.54) is 11.1 Å². The Hall–Kier alpha value is -2.29. The third-order valence-electron chi connectivity index (χ3n) is 3.75. The molecule has 0 aromatic heterocycles. The zero-order valence-electron chi connectivity index (χ0n) is 13.2. The van der Waals surface area contributed by atoms with Crippen LogP contribution in [-0.2, 0) is 11.3 Å². The minimum absolute atomic E-state index is 0.0766. The van der Waals surface area contributed by atoms with E-state index in [1.807, 2.05) is 56.0 Å². The molecule has 0 spiro atoms. The third kappa shape index (κ3) is 2.84. The summed E-state index contributed by atoms with van der Waals surface area (Å²) in [5, 5.41) is 0. The molecule has 1 amide bonds. The Balaban J connectivity index is 1.98. The highest BCUT2D eigenvalue weighted by Crippen LogP contribution is 2.39. The van der Waals surface area contributed by atoms with Gasteiger partial charge < -0.3 is 4.74 Å². The lowest BCUT2D eigenvalue weighted by Gasteiger charge is -2.29. The van der Waals surface area contributed by atoms with Crippen molar-refractivity contribution in [3.63, 3.8) is 0 Å². The molecular formula is C19H21NO2. The van der Waals surface area contributed by atoms with Crippen molar-refractivity contribution in [2.24, 2.45) is 0 Å². The molecule has 1 aliphatic rings. The average Bonchev–Trinajstić information content (AvgIpc) is 2.86. The molecule has 0 bridgehead atoms. The van der Waals surface area contributed by atoms with E-state index in [0.717, 1.165) is 5.56 Å². The molecular weight excluding hydrogens is 274 g/mol. The van der Waals surface area contributed by atoms with Crippen LogP contribution < -0.4 is 0 Å². The molecule has 0 N–H and O–H groups in total. The van der Waals surface area contributed by atoms with Gasteiger partial charge >= 0.3 is 6.09 Å². The summed E-state index contributed by atoms with van der Waals surface area (Å²) in [6.07, 6.45) is -0.266. The highest BCUT2D eigenvalue weighted by molar-refractivity contribution is 5.71. The molecule has 0 fully saturated rings. The highest BCUT2D eigenvalue weighted by atomic mass is 16.6. The van der Waals surface area contributed by atoms with E-state index >= 15 is 0 Å². The number of carbonyl (C=O) groups is 1. The van der Waals surface area contributed by atoms with Gasteiger partial charge in [0, 0.05) is 0 Å². The van der Waals surface area contributed by atoms with E-state index < -0.39 is 5.60 Å². The van der Waals surface area contributed by atoms with Crippen molar-refractivity contribution in [3.8, 4) is 0 Å². The standard InChI is InChI=1S/C19H21NO2/c1-19(2,3)22-18(21)20-13-15-11-7-8-12-16(15)17(20)14-9-5-4-6-10-14/h4-12,17H,13H2,1-3H3. The first-order valence-corrected chi connectivity index (χ1v) is 7.58. The van der Waals surface area contributed by atoms with Gasteiger partial charge in [0.15, 0.2) is 0 Å². The van der Waals surface area contributed by atoms with Crippen molar-refractivity contribution >= 4 is 6.09 Å². The summed E-state index contributed by atoms with van der Waals surface area (Å²) >= 11 is 0. The van der Waals surface area contributed by atoms with Crippen molar-refractivity contribution in [2.75, 3.05) is 0 Å². The second-order valence-electron chi connectivity index (χ2n) is 6.62. The van der Waals surface area contributed by atoms with Crippen molar-refractivity contribution in [1.82, 2.24) is 4.90 Å². The number of benzene rings is 2. The lowest BCUT2D eigenvalue weighted by molar-refractivity contribution is 0.0203. The first-order chi connectivity index (χ1) is 10.5. The van der Waals surface area contributed by atoms with Crippen LogP contribution in [0.2, 0.25) is 0 Å². The van der Waals surface area contributed by atoms with Crippen LogP contribution in [0.3, 0.4) is 0 Å². The lowest BCUT2D eigenvalue weighted by Crippen LogP contribution is -2.36. The molecule has 3 rings (SSSR count). The number of nitrogens with zero attached hydrogens (tertiary/aromatic N) is 1. The van der Waals surface area contributed by atoms with Crippen LogP contribution in [-0.4, -0.2) is 16.6 Å². The van der Waals surface area contributed by atoms with Gasteiger partial charge in [0.1, 0.15) is 5.60 Å². The molecule has 2 aromatic rings. The topological polar surface area (TPSA) is 29.5 Å². The number of fused-ring (bicyclic) bond motifs is 1. The van der Waals surface area contributed by atoms with Crippen LogP contribution in [0.15, 0.2) is 54.6 Å². The molecule has 0 radical (unpaired) electrons. The van der Waals surface area contributed by atoms with Crippen LogP contribution >= 0.6 is 0 Å². The van der Waals surface area contributed by atoms with E-state index in [-0.39, 0.29) is 12.1 Å². The summed E-state index contributed by atoms with van der Waals surface area (Å²) < 4.78 is 5.59. The Bertz CT molecular complexity index is 673. The minimum atomic E-state index is -0.493. The van der Waals surface area contributed by atoms with Crippen molar-refractivity contribution < 1.29 is 9.53 Å². The Labute approximate surface area is 131 Å². The van der Waals surface area contributed by atoms with Crippen LogP contribution in [0.25, 0.3) is 0 Å². The third-order valence-corrected chi connectivity index (χ3v) is 3.75. The summed E-state index contributed by atoms with van der Waals surface area (Å²) in [6.45, 7) is 6.27. The first-order valence-electron chi connectivity index (χ1n) is 7.58. The molecule has 3 nitrogen and oxygen atoms in total. The van der Waals surface area contributed by atoms with Crippen LogP contribution in [0.5, 0.6) is 0 Å². The molecule has 22 heavy (non-hydrogen) atoms. The summed E-state index contributed by atoms with van der Waals surface area (Å²) in [4.78, 5) is 14.4. The van der Waals surface area contributed by atoms with E-state index in [0.29, 0.717) is 6.54 Å². The van der Waals surface area contributed by atoms with Gasteiger partial charge in [-0.15, -0.1) is 0 Å². The van der Waals surface area contributed by atoms with Crippen LogP contribution in [0.4, 0.5) is 4.79 Å². The van der Waals surface area contributed by atoms with E-state index in [1.54, 1.807) is 0 Å². The van der Waals surface area contributed by atoms with Crippen molar-refractivity contribution in [2.45, 2.75) is 39.0 Å². The maximum atomic E-state index is 12.6. The van der Waals surface area contributed by atoms with Crippen LogP contribution in [0, 0.1) is 0 Å². The summed E-state index contributed by atoms with van der Waals surface area (Å²) in [5.41, 5.74) is 2.98.